The van der Waals surface area contributed by atoms with Crippen LogP contribution in [0.4, 0.5) is 0 Å². The van der Waals surface area contributed by atoms with Gasteiger partial charge in [0, 0.05) is 12.8 Å². The van der Waals surface area contributed by atoms with E-state index in [9.17, 15) is 13.2 Å². The average Bonchev–Trinajstić information content (AvgIpc) is 2.60. The smallest absolute Gasteiger partial charge is 0.240 e. The number of aliphatic hydroxyl groups is 1. The fourth-order valence-electron chi connectivity index (χ4n) is 1.88. The first-order valence-electron chi connectivity index (χ1n) is 7.42. The lowest BCUT2D eigenvalue weighted by molar-refractivity contribution is -0.110. The van der Waals surface area contributed by atoms with Crippen molar-refractivity contribution in [2.75, 3.05) is 0 Å². The maximum Gasteiger partial charge on any atom is 0.240 e. The van der Waals surface area contributed by atoms with Gasteiger partial charge < -0.3 is 5.11 Å². The molecule has 24 heavy (non-hydrogen) atoms. The van der Waals surface area contributed by atoms with Gasteiger partial charge in [-0.3, -0.25) is 4.79 Å². The summed E-state index contributed by atoms with van der Waals surface area (Å²) in [7, 11) is -2.46. The molecule has 0 aliphatic heterocycles. The van der Waals surface area contributed by atoms with E-state index in [4.69, 9.17) is 5.11 Å². The highest BCUT2D eigenvalue weighted by atomic mass is 32.2. The third kappa shape index (κ3) is 9.29. The van der Waals surface area contributed by atoms with Crippen LogP contribution < -0.4 is 0 Å². The van der Waals surface area contributed by atoms with Crippen LogP contribution in [0.3, 0.4) is 0 Å². The molecule has 0 unspecified atom stereocenters. The van der Waals surface area contributed by atoms with Crippen LogP contribution in [0, 0.1) is 0 Å². The van der Waals surface area contributed by atoms with Gasteiger partial charge in [0.25, 0.3) is 0 Å². The van der Waals surface area contributed by atoms with Gasteiger partial charge in [0.15, 0.2) is 10.2 Å². The zero-order valence-electron chi connectivity index (χ0n) is 13.1. The Morgan fingerprint density at radius 3 is 1.62 bits per heavy atom. The lowest BCUT2D eigenvalue weighted by atomic mass is 10.1. The van der Waals surface area contributed by atoms with Gasteiger partial charge in [0.05, 0.1) is 0 Å². The number of hydrogen-bond acceptors (Lipinski definition) is 3. The Labute approximate surface area is 149 Å². The second kappa shape index (κ2) is 11.6. The Hall–Kier alpha value is -1.89. The molecule has 6 heteroatoms. The van der Waals surface area contributed by atoms with E-state index < -0.39 is 15.3 Å². The Kier molecular flexibility index (Phi) is 9.76. The Morgan fingerprint density at radius 2 is 1.25 bits per heavy atom. The molecule has 0 radical (unpaired) electrons. The van der Waals surface area contributed by atoms with Gasteiger partial charge in [-0.1, -0.05) is 60.7 Å². The highest BCUT2D eigenvalue weighted by molar-refractivity contribution is 7.96. The average molecular weight is 364 g/mol. The van der Waals surface area contributed by atoms with Gasteiger partial charge in [-0.05, 0) is 24.0 Å². The van der Waals surface area contributed by atoms with Crippen molar-refractivity contribution in [3.63, 3.8) is 0 Å². The molecule has 0 saturated heterocycles. The Bertz CT molecular complexity index is 746. The summed E-state index contributed by atoms with van der Waals surface area (Å²) in [5.74, 6) is 0. The largest absolute Gasteiger partial charge is 0.351 e. The van der Waals surface area contributed by atoms with E-state index >= 15 is 0 Å². The summed E-state index contributed by atoms with van der Waals surface area (Å²) in [6, 6.07) is 19.3. The zero-order valence-corrected chi connectivity index (χ0v) is 14.8. The van der Waals surface area contributed by atoms with Gasteiger partial charge >= 0.3 is 0 Å². The number of aryl methyl sites for hydroxylation is 2. The molecular weight excluding hydrogens is 344 g/mol. The molecule has 4 nitrogen and oxygen atoms in total. The summed E-state index contributed by atoms with van der Waals surface area (Å²) in [5, 5.41) is 8.36. The molecule has 0 bridgehead atoms. The van der Waals surface area contributed by atoms with Crippen LogP contribution in [0.25, 0.3) is 0 Å². The third-order valence-electron chi connectivity index (χ3n) is 3.13. The minimum absolute atomic E-state index is 0.0474. The second-order valence-electron chi connectivity index (χ2n) is 4.99. The molecule has 0 aromatic heterocycles. The zero-order chi connectivity index (χ0) is 17.8. The van der Waals surface area contributed by atoms with E-state index in [-0.39, 0.29) is 11.5 Å². The lowest BCUT2D eigenvalue weighted by Crippen LogP contribution is -1.99. The summed E-state index contributed by atoms with van der Waals surface area (Å²) >= 11 is 3.69. The van der Waals surface area contributed by atoms with Crippen LogP contribution in [0.1, 0.15) is 24.0 Å². The first kappa shape index (κ1) is 20.2. The van der Waals surface area contributed by atoms with Crippen molar-refractivity contribution in [1.29, 1.82) is 0 Å². The number of hydrogen-bond donors (Lipinski definition) is 2. The predicted molar refractivity (Wildman–Crippen MR) is 100 cm³/mol. The molecule has 1 N–H and O–H groups in total. The summed E-state index contributed by atoms with van der Waals surface area (Å²) in [4.78, 5) is 10.5. The molecule has 128 valence electrons. The Balaban J connectivity index is 0.000000243. The van der Waals surface area contributed by atoms with Gasteiger partial charge in [-0.15, -0.1) is 12.6 Å². The molecule has 0 heterocycles. The van der Waals surface area contributed by atoms with E-state index in [0.29, 0.717) is 12.8 Å². The molecule has 0 atom stereocenters. The van der Waals surface area contributed by atoms with E-state index in [0.717, 1.165) is 12.0 Å². The SMILES string of the molecule is O=C(S)CCc1ccccc1.O=S(=O)=C(O)CCc1ccccc1. The number of thiol groups is 1. The van der Waals surface area contributed by atoms with E-state index in [2.05, 4.69) is 12.6 Å². The lowest BCUT2D eigenvalue weighted by Gasteiger charge is -1.96. The molecule has 2 aromatic carbocycles. The summed E-state index contributed by atoms with van der Waals surface area (Å²) < 4.78 is 20.5. The number of aliphatic hydroxyl groups excluding tert-OH is 1. The van der Waals surface area contributed by atoms with E-state index in [1.165, 1.54) is 5.56 Å². The van der Waals surface area contributed by atoms with Gasteiger partial charge in [0.2, 0.25) is 10.3 Å². The normalized spacial score (nSPS) is 9.58. The van der Waals surface area contributed by atoms with Gasteiger partial charge in [0.1, 0.15) is 0 Å². The molecule has 0 fully saturated rings. The number of carbonyl (C=O) groups excluding carboxylic acids is 1. The van der Waals surface area contributed by atoms with Crippen molar-refractivity contribution in [3.05, 3.63) is 71.8 Å². The highest BCUT2D eigenvalue weighted by Gasteiger charge is 1.97. The molecule has 0 aliphatic rings. The van der Waals surface area contributed by atoms with Crippen molar-refractivity contribution < 1.29 is 18.3 Å². The monoisotopic (exact) mass is 364 g/mol. The summed E-state index contributed by atoms with van der Waals surface area (Å²) in [6.45, 7) is 0. The first-order chi connectivity index (χ1) is 11.5. The maximum atomic E-state index is 10.5. The molecule has 0 saturated carbocycles. The molecule has 2 rings (SSSR count). The highest BCUT2D eigenvalue weighted by Crippen LogP contribution is 2.03. The molecule has 2 aromatic rings. The van der Waals surface area contributed by atoms with Crippen LogP contribution >= 0.6 is 12.6 Å². The Morgan fingerprint density at radius 1 is 0.833 bits per heavy atom. The second-order valence-corrected chi connectivity index (χ2v) is 6.43. The van der Waals surface area contributed by atoms with Crippen LogP contribution in [0.2, 0.25) is 0 Å². The van der Waals surface area contributed by atoms with Gasteiger partial charge in [-0.25, -0.2) is 0 Å². The topological polar surface area (TPSA) is 71.4 Å². The van der Waals surface area contributed by atoms with Crippen molar-refractivity contribution in [2.24, 2.45) is 0 Å². The van der Waals surface area contributed by atoms with Crippen molar-refractivity contribution >= 4 is 33.1 Å². The van der Waals surface area contributed by atoms with Crippen molar-refractivity contribution in [3.8, 4) is 0 Å². The van der Waals surface area contributed by atoms with Crippen LogP contribution in [0.5, 0.6) is 0 Å². The minimum atomic E-state index is -2.46. The number of rotatable bonds is 6. The number of carbonyl (C=O) groups is 1. The van der Waals surface area contributed by atoms with Crippen molar-refractivity contribution in [2.45, 2.75) is 25.7 Å². The van der Waals surface area contributed by atoms with Gasteiger partial charge in [-0.2, -0.15) is 8.42 Å². The molecule has 0 spiro atoms. The van der Waals surface area contributed by atoms with E-state index in [1.54, 1.807) is 0 Å². The van der Waals surface area contributed by atoms with Crippen LogP contribution in [-0.2, 0) is 27.9 Å². The molecular formula is C18H20O4S2. The standard InChI is InChI=1S/C9H10O3S.C9H10OS/c10-9(13(11)12)7-6-8-4-2-1-3-5-8;10-9(11)7-6-8-4-2-1-3-5-8/h1-5,10H,6-7H2;1-5H,6-7H2,(H,10,11). The summed E-state index contributed by atoms with van der Waals surface area (Å²) in [6.07, 6.45) is 2.02. The van der Waals surface area contributed by atoms with Crippen molar-refractivity contribution in [1.82, 2.24) is 0 Å². The molecule has 0 amide bonds. The first-order valence-corrected chi connectivity index (χ1v) is 8.95. The summed E-state index contributed by atoms with van der Waals surface area (Å²) in [5.41, 5.74) is 2.20. The maximum absolute atomic E-state index is 10.5. The molecule has 0 aliphatic carbocycles. The third-order valence-corrected chi connectivity index (χ3v) is 3.95. The quantitative estimate of drug-likeness (QED) is 0.610. The van der Waals surface area contributed by atoms with Crippen LogP contribution in [-0.4, -0.2) is 23.7 Å². The van der Waals surface area contributed by atoms with E-state index in [1.807, 2.05) is 60.7 Å². The number of benzene rings is 2. The minimum Gasteiger partial charge on any atom is -0.351 e. The fraction of sp³-hybridized carbons (Fsp3) is 0.222. The predicted octanol–water partition coefficient (Wildman–Crippen LogP) is 3.26. The fourth-order valence-corrected chi connectivity index (χ4v) is 2.26. The van der Waals surface area contributed by atoms with Crippen LogP contribution in [0.15, 0.2) is 60.7 Å².